The Balaban J connectivity index is 1.76. The van der Waals surface area contributed by atoms with E-state index in [0.29, 0.717) is 6.42 Å². The smallest absolute Gasteiger partial charge is 0.335 e. The number of hydrogen-bond donors (Lipinski definition) is 5. The molecule has 0 amide bonds. The van der Waals surface area contributed by atoms with Crippen LogP contribution in [0.4, 0.5) is 0 Å². The van der Waals surface area contributed by atoms with Gasteiger partial charge in [-0.1, -0.05) is 24.3 Å². The lowest BCUT2D eigenvalue weighted by Gasteiger charge is -2.40. The first-order chi connectivity index (χ1) is 14.8. The Labute approximate surface area is 178 Å². The first-order valence-electron chi connectivity index (χ1n) is 10.0. The highest BCUT2D eigenvalue weighted by Crippen LogP contribution is 2.35. The second kappa shape index (κ2) is 8.41. The molecule has 1 aromatic heterocycles. The molecule has 1 aliphatic rings. The summed E-state index contributed by atoms with van der Waals surface area (Å²) in [5, 5.41) is 50.5. The summed E-state index contributed by atoms with van der Waals surface area (Å²) in [7, 11) is 0. The van der Waals surface area contributed by atoms with Crippen molar-refractivity contribution in [2.45, 2.75) is 44.0 Å². The Kier molecular flexibility index (Phi) is 5.83. The molecule has 0 saturated carbocycles. The number of carboxylic acid groups (broad SMARTS) is 1. The van der Waals surface area contributed by atoms with Crippen LogP contribution in [0.1, 0.15) is 33.3 Å². The van der Waals surface area contributed by atoms with Gasteiger partial charge in [0.05, 0.1) is 17.7 Å². The highest BCUT2D eigenvalue weighted by molar-refractivity contribution is 5.88. The van der Waals surface area contributed by atoms with Crippen LogP contribution in [0.5, 0.6) is 0 Å². The number of nitrogens with zero attached hydrogens (tertiary/aromatic N) is 1. The van der Waals surface area contributed by atoms with E-state index in [1.165, 1.54) is 0 Å². The summed E-state index contributed by atoms with van der Waals surface area (Å²) < 4.78 is 7.47. The molecule has 8 heteroatoms. The van der Waals surface area contributed by atoms with E-state index in [2.05, 4.69) is 0 Å². The van der Waals surface area contributed by atoms with Crippen molar-refractivity contribution in [3.8, 4) is 0 Å². The van der Waals surface area contributed by atoms with Crippen molar-refractivity contribution >= 4 is 16.9 Å². The van der Waals surface area contributed by atoms with Gasteiger partial charge in [-0.15, -0.1) is 0 Å². The van der Waals surface area contributed by atoms with Crippen molar-refractivity contribution in [3.63, 3.8) is 0 Å². The first kappa shape index (κ1) is 21.5. The number of aromatic carboxylic acids is 1. The van der Waals surface area contributed by atoms with Gasteiger partial charge in [-0.25, -0.2) is 4.79 Å². The predicted molar refractivity (Wildman–Crippen MR) is 112 cm³/mol. The zero-order chi connectivity index (χ0) is 22.3. The molecule has 0 aliphatic carbocycles. The third kappa shape index (κ3) is 3.84. The summed E-state index contributed by atoms with van der Waals surface area (Å²) >= 11 is 0. The van der Waals surface area contributed by atoms with Gasteiger partial charge in [-0.05, 0) is 48.2 Å². The normalized spacial score (nSPS) is 26.3. The number of rotatable bonds is 5. The van der Waals surface area contributed by atoms with E-state index in [1.54, 1.807) is 28.8 Å². The number of fused-ring (bicyclic) bond motifs is 1. The molecule has 4 rings (SSSR count). The van der Waals surface area contributed by atoms with E-state index in [4.69, 9.17) is 9.84 Å². The monoisotopic (exact) mass is 427 g/mol. The number of carboxylic acids is 1. The van der Waals surface area contributed by atoms with Crippen LogP contribution < -0.4 is 0 Å². The fraction of sp³-hybridized carbons (Fsp3) is 0.348. The molecule has 5 atom stereocenters. The number of ether oxygens (including phenoxy) is 1. The third-order valence-corrected chi connectivity index (χ3v) is 5.88. The Morgan fingerprint density at radius 1 is 1.03 bits per heavy atom. The number of hydrogen-bond acceptors (Lipinski definition) is 6. The van der Waals surface area contributed by atoms with Gasteiger partial charge in [0.25, 0.3) is 0 Å². The minimum absolute atomic E-state index is 0.212. The lowest BCUT2D eigenvalue weighted by Crippen LogP contribution is -2.56. The average molecular weight is 427 g/mol. The first-order valence-corrected chi connectivity index (χ1v) is 10.0. The molecule has 0 unspecified atom stereocenters. The summed E-state index contributed by atoms with van der Waals surface area (Å²) in [5.41, 5.74) is 3.86. The molecule has 2 heterocycles. The number of aromatic nitrogens is 1. The second-order valence-corrected chi connectivity index (χ2v) is 7.93. The maximum absolute atomic E-state index is 11.1. The largest absolute Gasteiger partial charge is 0.478 e. The zero-order valence-corrected chi connectivity index (χ0v) is 16.9. The van der Waals surface area contributed by atoms with E-state index >= 15 is 0 Å². The Morgan fingerprint density at radius 2 is 1.74 bits per heavy atom. The number of aryl methyl sites for hydroxylation is 1. The summed E-state index contributed by atoms with van der Waals surface area (Å²) in [4.78, 5) is 11.1. The topological polar surface area (TPSA) is 132 Å². The third-order valence-electron chi connectivity index (χ3n) is 5.88. The van der Waals surface area contributed by atoms with Crippen LogP contribution in [-0.4, -0.2) is 67.1 Å². The predicted octanol–water partition coefficient (Wildman–Crippen LogP) is 1.21. The molecule has 1 fully saturated rings. The molecule has 2 aromatic carbocycles. The number of aliphatic hydroxyl groups excluding tert-OH is 4. The van der Waals surface area contributed by atoms with Crippen LogP contribution in [0.25, 0.3) is 10.9 Å². The van der Waals surface area contributed by atoms with E-state index in [1.807, 2.05) is 31.3 Å². The molecule has 164 valence electrons. The van der Waals surface area contributed by atoms with Crippen LogP contribution in [0.2, 0.25) is 0 Å². The van der Waals surface area contributed by atoms with Gasteiger partial charge in [-0.3, -0.25) is 0 Å². The Hall–Kier alpha value is -2.75. The molecule has 0 radical (unpaired) electrons. The van der Waals surface area contributed by atoms with E-state index in [9.17, 15) is 25.2 Å². The minimum Gasteiger partial charge on any atom is -0.478 e. The lowest BCUT2D eigenvalue weighted by atomic mass is 9.98. The molecule has 0 spiro atoms. The number of benzene rings is 2. The van der Waals surface area contributed by atoms with Gasteiger partial charge in [0, 0.05) is 11.6 Å². The van der Waals surface area contributed by atoms with Crippen molar-refractivity contribution in [2.75, 3.05) is 6.61 Å². The maximum atomic E-state index is 11.1. The molecular weight excluding hydrogens is 402 g/mol. The molecule has 1 aliphatic heterocycles. The van der Waals surface area contributed by atoms with E-state index < -0.39 is 43.2 Å². The second-order valence-electron chi connectivity index (χ2n) is 7.93. The highest BCUT2D eigenvalue weighted by Gasteiger charge is 2.44. The highest BCUT2D eigenvalue weighted by atomic mass is 16.6. The Morgan fingerprint density at radius 3 is 2.39 bits per heavy atom. The standard InChI is InChI=1S/C23H25NO7/c1-12-3-2-4-16-18(12)15(9-13-5-7-14(8-6-13)23(29)30)10-24(16)22-21(28)20(27)19(26)17(11-25)31-22/h2-8,10,17,19-22,25-28H,9,11H2,1H3,(H,29,30)/t17-,19-,20+,21-,22-/m1/s1. The quantitative estimate of drug-likeness (QED) is 0.413. The van der Waals surface area contributed by atoms with Crippen molar-refractivity contribution in [1.82, 2.24) is 4.57 Å². The zero-order valence-electron chi connectivity index (χ0n) is 16.9. The van der Waals surface area contributed by atoms with Gasteiger partial charge in [0.1, 0.15) is 24.4 Å². The molecule has 0 bridgehead atoms. The van der Waals surface area contributed by atoms with Crippen LogP contribution in [0.3, 0.4) is 0 Å². The minimum atomic E-state index is -1.47. The van der Waals surface area contributed by atoms with E-state index in [-0.39, 0.29) is 5.56 Å². The van der Waals surface area contributed by atoms with Gasteiger partial charge in [0.15, 0.2) is 6.23 Å². The molecular formula is C23H25NO7. The van der Waals surface area contributed by atoms with Crippen molar-refractivity contribution in [1.29, 1.82) is 0 Å². The molecule has 3 aromatic rings. The molecule has 8 nitrogen and oxygen atoms in total. The van der Waals surface area contributed by atoms with Gasteiger partial charge in [-0.2, -0.15) is 0 Å². The van der Waals surface area contributed by atoms with Gasteiger partial charge >= 0.3 is 5.97 Å². The van der Waals surface area contributed by atoms with Crippen LogP contribution in [0.15, 0.2) is 48.7 Å². The average Bonchev–Trinajstić information content (AvgIpc) is 3.12. The summed E-state index contributed by atoms with van der Waals surface area (Å²) in [6.45, 7) is 1.47. The van der Waals surface area contributed by atoms with Gasteiger partial charge < -0.3 is 34.8 Å². The maximum Gasteiger partial charge on any atom is 0.335 e. The van der Waals surface area contributed by atoms with Crippen molar-refractivity contribution in [2.24, 2.45) is 0 Å². The number of aliphatic hydroxyl groups is 4. The van der Waals surface area contributed by atoms with Crippen molar-refractivity contribution in [3.05, 3.63) is 70.9 Å². The summed E-state index contributed by atoms with van der Waals surface area (Å²) in [6.07, 6.45) is -3.93. The molecule has 31 heavy (non-hydrogen) atoms. The van der Waals surface area contributed by atoms with E-state index in [0.717, 1.165) is 27.6 Å². The summed E-state index contributed by atoms with van der Waals surface area (Å²) in [5.74, 6) is -0.985. The lowest BCUT2D eigenvalue weighted by molar-refractivity contribution is -0.250. The SMILES string of the molecule is Cc1cccc2c1c(Cc1ccc(C(=O)O)cc1)cn2[C@@H]1O[C@H](CO)[C@@H](O)[C@H](O)[C@H]1O. The molecule has 1 saturated heterocycles. The fourth-order valence-corrected chi connectivity index (χ4v) is 4.23. The fourth-order valence-electron chi connectivity index (χ4n) is 4.23. The van der Waals surface area contributed by atoms with Crippen LogP contribution in [0, 0.1) is 6.92 Å². The van der Waals surface area contributed by atoms with Gasteiger partial charge in [0.2, 0.25) is 0 Å². The molecule has 5 N–H and O–H groups in total. The van der Waals surface area contributed by atoms with Crippen LogP contribution >= 0.6 is 0 Å². The Bertz CT molecular complexity index is 1090. The summed E-state index contributed by atoms with van der Waals surface area (Å²) in [6, 6.07) is 12.4. The van der Waals surface area contributed by atoms with Crippen LogP contribution in [-0.2, 0) is 11.2 Å². The number of carbonyl (C=O) groups is 1. The van der Waals surface area contributed by atoms with Crippen molar-refractivity contribution < 1.29 is 35.1 Å².